The summed E-state index contributed by atoms with van der Waals surface area (Å²) >= 11 is 0. The standard InChI is InChI=1S/C19H23NO/c21-19(11-9-18(10-12-19)7-1-2-8-18)17-5-3-4-15-6-13-20-14-16(15)17/h3-6,13-14,21H,1-2,7-12H2. The van der Waals surface area contributed by atoms with Crippen molar-refractivity contribution < 1.29 is 5.11 Å². The van der Waals surface area contributed by atoms with Crippen molar-refractivity contribution in [2.24, 2.45) is 5.41 Å². The summed E-state index contributed by atoms with van der Waals surface area (Å²) in [5.41, 5.74) is 0.979. The molecular weight excluding hydrogens is 258 g/mol. The maximum absolute atomic E-state index is 11.3. The number of hydrogen-bond acceptors (Lipinski definition) is 2. The van der Waals surface area contributed by atoms with Crippen molar-refractivity contribution in [3.63, 3.8) is 0 Å². The molecule has 0 bridgehead atoms. The van der Waals surface area contributed by atoms with Gasteiger partial charge in [-0.1, -0.05) is 31.0 Å². The Bertz CT molecular complexity index is 642. The van der Waals surface area contributed by atoms with Gasteiger partial charge in [0.05, 0.1) is 5.60 Å². The zero-order valence-electron chi connectivity index (χ0n) is 12.5. The Morgan fingerprint density at radius 2 is 1.67 bits per heavy atom. The molecule has 1 spiro atoms. The van der Waals surface area contributed by atoms with Gasteiger partial charge in [0.1, 0.15) is 0 Å². The maximum atomic E-state index is 11.3. The second-order valence-electron chi connectivity index (χ2n) is 7.14. The van der Waals surface area contributed by atoms with Gasteiger partial charge in [0.15, 0.2) is 0 Å². The van der Waals surface area contributed by atoms with Gasteiger partial charge in [-0.25, -0.2) is 0 Å². The molecule has 110 valence electrons. The molecule has 0 amide bonds. The van der Waals surface area contributed by atoms with E-state index in [1.54, 1.807) is 0 Å². The Morgan fingerprint density at radius 3 is 2.43 bits per heavy atom. The average Bonchev–Trinajstić information content (AvgIpc) is 2.99. The normalized spacial score (nSPS) is 23.7. The molecule has 4 rings (SSSR count). The molecule has 2 fully saturated rings. The van der Waals surface area contributed by atoms with E-state index in [1.165, 1.54) is 43.9 Å². The van der Waals surface area contributed by atoms with Crippen LogP contribution in [0.5, 0.6) is 0 Å². The summed E-state index contributed by atoms with van der Waals surface area (Å²) in [5.74, 6) is 0. The highest BCUT2D eigenvalue weighted by atomic mass is 16.3. The lowest BCUT2D eigenvalue weighted by molar-refractivity contribution is -0.0365. The molecule has 0 atom stereocenters. The van der Waals surface area contributed by atoms with E-state index >= 15 is 0 Å². The highest BCUT2D eigenvalue weighted by Gasteiger charge is 2.44. The first-order valence-electron chi connectivity index (χ1n) is 8.27. The molecule has 2 aromatic rings. The fraction of sp³-hybridized carbons (Fsp3) is 0.526. The van der Waals surface area contributed by atoms with Crippen LogP contribution in [0.2, 0.25) is 0 Å². The number of rotatable bonds is 1. The van der Waals surface area contributed by atoms with Gasteiger partial charge in [0, 0.05) is 17.8 Å². The minimum absolute atomic E-state index is 0.551. The smallest absolute Gasteiger partial charge is 0.0903 e. The topological polar surface area (TPSA) is 33.1 Å². The van der Waals surface area contributed by atoms with Crippen LogP contribution in [0.25, 0.3) is 10.8 Å². The van der Waals surface area contributed by atoms with Gasteiger partial charge in [0.25, 0.3) is 0 Å². The molecule has 2 nitrogen and oxygen atoms in total. The Morgan fingerprint density at radius 1 is 0.905 bits per heavy atom. The number of hydrogen-bond donors (Lipinski definition) is 1. The third-order valence-corrected chi connectivity index (χ3v) is 5.99. The molecule has 0 unspecified atom stereocenters. The van der Waals surface area contributed by atoms with Gasteiger partial charge in [-0.3, -0.25) is 4.98 Å². The molecule has 2 saturated carbocycles. The quantitative estimate of drug-likeness (QED) is 0.831. The Balaban J connectivity index is 1.69. The van der Waals surface area contributed by atoms with Gasteiger partial charge in [0.2, 0.25) is 0 Å². The highest BCUT2D eigenvalue weighted by molar-refractivity contribution is 5.85. The SMILES string of the molecule is OC1(c2cccc3ccncc23)CCC2(CCCC2)CC1. The van der Waals surface area contributed by atoms with Crippen molar-refractivity contribution in [3.8, 4) is 0 Å². The second kappa shape index (κ2) is 4.81. The predicted octanol–water partition coefficient (Wildman–Crippen LogP) is 4.56. The summed E-state index contributed by atoms with van der Waals surface area (Å²) in [7, 11) is 0. The van der Waals surface area contributed by atoms with E-state index in [-0.39, 0.29) is 0 Å². The van der Waals surface area contributed by atoms with Crippen LogP contribution < -0.4 is 0 Å². The van der Waals surface area contributed by atoms with Crippen LogP contribution in [0.3, 0.4) is 0 Å². The van der Waals surface area contributed by atoms with Crippen LogP contribution in [0.15, 0.2) is 36.7 Å². The van der Waals surface area contributed by atoms with E-state index in [0.717, 1.165) is 23.8 Å². The fourth-order valence-electron chi connectivity index (χ4n) is 4.61. The van der Waals surface area contributed by atoms with E-state index in [2.05, 4.69) is 23.2 Å². The number of aliphatic hydroxyl groups is 1. The van der Waals surface area contributed by atoms with Gasteiger partial charge in [-0.2, -0.15) is 0 Å². The van der Waals surface area contributed by atoms with E-state index < -0.39 is 5.60 Å². The van der Waals surface area contributed by atoms with Gasteiger partial charge in [-0.05, 0) is 61.0 Å². The molecule has 21 heavy (non-hydrogen) atoms. The molecule has 2 heteroatoms. The Hall–Kier alpha value is -1.41. The summed E-state index contributed by atoms with van der Waals surface area (Å²) in [6.45, 7) is 0. The van der Waals surface area contributed by atoms with Crippen LogP contribution in [0, 0.1) is 5.41 Å². The van der Waals surface area contributed by atoms with Gasteiger partial charge >= 0.3 is 0 Å². The molecule has 0 radical (unpaired) electrons. The van der Waals surface area contributed by atoms with Crippen molar-refractivity contribution >= 4 is 10.8 Å². The Labute approximate surface area is 126 Å². The lowest BCUT2D eigenvalue weighted by Crippen LogP contribution is -2.36. The first-order chi connectivity index (χ1) is 10.2. The van der Waals surface area contributed by atoms with E-state index in [9.17, 15) is 5.11 Å². The first-order valence-corrected chi connectivity index (χ1v) is 8.27. The van der Waals surface area contributed by atoms with Crippen molar-refractivity contribution in [1.82, 2.24) is 4.98 Å². The summed E-state index contributed by atoms with van der Waals surface area (Å²) in [6, 6.07) is 8.29. The van der Waals surface area contributed by atoms with E-state index in [0.29, 0.717) is 5.41 Å². The molecule has 1 N–H and O–H groups in total. The molecule has 1 aromatic heterocycles. The molecule has 1 heterocycles. The second-order valence-corrected chi connectivity index (χ2v) is 7.14. The molecule has 2 aliphatic rings. The lowest BCUT2D eigenvalue weighted by atomic mass is 9.65. The number of nitrogens with zero attached hydrogens (tertiary/aromatic N) is 1. The zero-order valence-corrected chi connectivity index (χ0v) is 12.5. The van der Waals surface area contributed by atoms with Crippen LogP contribution in [0.4, 0.5) is 0 Å². The summed E-state index contributed by atoms with van der Waals surface area (Å²) in [6.07, 6.45) is 13.4. The average molecular weight is 281 g/mol. The van der Waals surface area contributed by atoms with Crippen molar-refractivity contribution in [3.05, 3.63) is 42.2 Å². The maximum Gasteiger partial charge on any atom is 0.0903 e. The number of benzene rings is 1. The fourth-order valence-corrected chi connectivity index (χ4v) is 4.61. The number of fused-ring (bicyclic) bond motifs is 1. The third kappa shape index (κ3) is 2.17. The predicted molar refractivity (Wildman–Crippen MR) is 85.0 cm³/mol. The number of aromatic nitrogens is 1. The van der Waals surface area contributed by atoms with Crippen LogP contribution >= 0.6 is 0 Å². The Kier molecular flexibility index (Phi) is 3.04. The number of pyridine rings is 1. The van der Waals surface area contributed by atoms with Crippen molar-refractivity contribution in [1.29, 1.82) is 0 Å². The largest absolute Gasteiger partial charge is 0.385 e. The summed E-state index contributed by atoms with van der Waals surface area (Å²) < 4.78 is 0. The van der Waals surface area contributed by atoms with Gasteiger partial charge < -0.3 is 5.11 Å². The first kappa shape index (κ1) is 13.3. The minimum Gasteiger partial charge on any atom is -0.385 e. The molecule has 2 aliphatic carbocycles. The van der Waals surface area contributed by atoms with Crippen molar-refractivity contribution in [2.45, 2.75) is 57.0 Å². The molecule has 1 aromatic carbocycles. The van der Waals surface area contributed by atoms with E-state index in [4.69, 9.17) is 0 Å². The van der Waals surface area contributed by atoms with Gasteiger partial charge in [-0.15, -0.1) is 0 Å². The summed E-state index contributed by atoms with van der Waals surface area (Å²) in [4.78, 5) is 4.26. The minimum atomic E-state index is -0.656. The molecule has 0 aliphatic heterocycles. The van der Waals surface area contributed by atoms with E-state index in [1.807, 2.05) is 18.5 Å². The van der Waals surface area contributed by atoms with Crippen LogP contribution in [0.1, 0.15) is 56.9 Å². The zero-order chi connectivity index (χ0) is 14.3. The van der Waals surface area contributed by atoms with Crippen LogP contribution in [-0.2, 0) is 5.60 Å². The lowest BCUT2D eigenvalue weighted by Gasteiger charge is -2.42. The summed E-state index contributed by atoms with van der Waals surface area (Å²) in [5, 5.41) is 13.5. The third-order valence-electron chi connectivity index (χ3n) is 5.99. The molecular formula is C19H23NO. The highest BCUT2D eigenvalue weighted by Crippen LogP contribution is 2.54. The van der Waals surface area contributed by atoms with Crippen LogP contribution in [-0.4, -0.2) is 10.1 Å². The van der Waals surface area contributed by atoms with Crippen molar-refractivity contribution in [2.75, 3.05) is 0 Å². The monoisotopic (exact) mass is 281 g/mol. The molecule has 0 saturated heterocycles.